The quantitative estimate of drug-likeness (QED) is 0.621. The molecule has 0 amide bonds. The highest BCUT2D eigenvalue weighted by atomic mass is 127. The standard InChI is InChI=1S/C12H12INO3/c1-3-17-12(15)5-8-4-9(16-2)6-11(13)10(8)7-14/h4,6H,3,5H2,1-2H3. The Kier molecular flexibility index (Phi) is 5.22. The van der Waals surface area contributed by atoms with Gasteiger partial charge in [-0.2, -0.15) is 5.26 Å². The van der Waals surface area contributed by atoms with Crippen LogP contribution in [0.25, 0.3) is 0 Å². The van der Waals surface area contributed by atoms with E-state index in [0.29, 0.717) is 23.5 Å². The second-order valence-electron chi connectivity index (χ2n) is 3.24. The number of methoxy groups -OCH3 is 1. The van der Waals surface area contributed by atoms with Crippen molar-refractivity contribution in [3.63, 3.8) is 0 Å². The predicted molar refractivity (Wildman–Crippen MR) is 70.8 cm³/mol. The number of carbonyl (C=O) groups is 1. The molecule has 0 heterocycles. The zero-order valence-corrected chi connectivity index (χ0v) is 11.8. The monoisotopic (exact) mass is 345 g/mol. The zero-order chi connectivity index (χ0) is 12.8. The first kappa shape index (κ1) is 13.8. The van der Waals surface area contributed by atoms with E-state index in [9.17, 15) is 4.79 Å². The lowest BCUT2D eigenvalue weighted by Gasteiger charge is -2.08. The molecule has 90 valence electrons. The van der Waals surface area contributed by atoms with Gasteiger partial charge in [-0.15, -0.1) is 0 Å². The van der Waals surface area contributed by atoms with Gasteiger partial charge in [0.15, 0.2) is 0 Å². The third kappa shape index (κ3) is 3.60. The van der Waals surface area contributed by atoms with Crippen LogP contribution >= 0.6 is 22.6 Å². The van der Waals surface area contributed by atoms with Gasteiger partial charge >= 0.3 is 5.97 Å². The zero-order valence-electron chi connectivity index (χ0n) is 9.62. The number of hydrogen-bond donors (Lipinski definition) is 0. The van der Waals surface area contributed by atoms with E-state index in [1.54, 1.807) is 26.2 Å². The number of benzene rings is 1. The van der Waals surface area contributed by atoms with Gasteiger partial charge in [-0.05, 0) is 47.2 Å². The van der Waals surface area contributed by atoms with Crippen LogP contribution in [0.3, 0.4) is 0 Å². The minimum Gasteiger partial charge on any atom is -0.497 e. The largest absolute Gasteiger partial charge is 0.497 e. The van der Waals surface area contributed by atoms with Gasteiger partial charge in [0.25, 0.3) is 0 Å². The Bertz CT molecular complexity index is 466. The molecule has 0 radical (unpaired) electrons. The van der Waals surface area contributed by atoms with Crippen molar-refractivity contribution in [1.29, 1.82) is 5.26 Å². The third-order valence-corrected chi connectivity index (χ3v) is 2.98. The van der Waals surface area contributed by atoms with Crippen molar-refractivity contribution in [2.45, 2.75) is 13.3 Å². The van der Waals surface area contributed by atoms with Crippen LogP contribution in [0.4, 0.5) is 0 Å². The van der Waals surface area contributed by atoms with Crippen LogP contribution in [-0.2, 0) is 16.0 Å². The smallest absolute Gasteiger partial charge is 0.310 e. The van der Waals surface area contributed by atoms with Crippen molar-refractivity contribution in [3.8, 4) is 11.8 Å². The van der Waals surface area contributed by atoms with E-state index in [2.05, 4.69) is 6.07 Å². The second kappa shape index (κ2) is 6.45. The molecule has 1 rings (SSSR count). The Morgan fingerprint density at radius 3 is 2.76 bits per heavy atom. The lowest BCUT2D eigenvalue weighted by atomic mass is 10.1. The molecule has 4 nitrogen and oxygen atoms in total. The van der Waals surface area contributed by atoms with Crippen molar-refractivity contribution in [1.82, 2.24) is 0 Å². The first-order valence-electron chi connectivity index (χ1n) is 5.04. The van der Waals surface area contributed by atoms with Crippen molar-refractivity contribution in [2.24, 2.45) is 0 Å². The van der Waals surface area contributed by atoms with E-state index in [1.807, 2.05) is 22.6 Å². The summed E-state index contributed by atoms with van der Waals surface area (Å²) in [6.45, 7) is 2.08. The van der Waals surface area contributed by atoms with Gasteiger partial charge in [0.1, 0.15) is 11.8 Å². The molecule has 0 saturated heterocycles. The summed E-state index contributed by atoms with van der Waals surface area (Å²) in [4.78, 5) is 11.4. The highest BCUT2D eigenvalue weighted by molar-refractivity contribution is 14.1. The molecule has 0 aromatic heterocycles. The van der Waals surface area contributed by atoms with E-state index < -0.39 is 0 Å². The SMILES string of the molecule is CCOC(=O)Cc1cc(OC)cc(I)c1C#N. The topological polar surface area (TPSA) is 59.3 Å². The fraction of sp³-hybridized carbons (Fsp3) is 0.333. The van der Waals surface area contributed by atoms with Crippen LogP contribution in [0.2, 0.25) is 0 Å². The number of rotatable bonds is 4. The fourth-order valence-electron chi connectivity index (χ4n) is 1.39. The second-order valence-corrected chi connectivity index (χ2v) is 4.40. The van der Waals surface area contributed by atoms with E-state index in [0.717, 1.165) is 3.57 Å². The predicted octanol–water partition coefficient (Wildman–Crippen LogP) is 2.28. The average Bonchev–Trinajstić information content (AvgIpc) is 2.28. The normalized spacial score (nSPS) is 9.53. The highest BCUT2D eigenvalue weighted by Crippen LogP contribution is 2.24. The third-order valence-electron chi connectivity index (χ3n) is 2.13. The molecule has 0 N–H and O–H groups in total. The molecule has 0 aliphatic carbocycles. The molecule has 0 aliphatic heterocycles. The van der Waals surface area contributed by atoms with Gasteiger partial charge in [-0.1, -0.05) is 0 Å². The summed E-state index contributed by atoms with van der Waals surface area (Å²) >= 11 is 2.05. The van der Waals surface area contributed by atoms with Crippen LogP contribution in [0, 0.1) is 14.9 Å². The lowest BCUT2D eigenvalue weighted by molar-refractivity contribution is -0.142. The van der Waals surface area contributed by atoms with Gasteiger partial charge in [-0.3, -0.25) is 4.79 Å². The summed E-state index contributed by atoms with van der Waals surface area (Å²) in [6, 6.07) is 5.54. The summed E-state index contributed by atoms with van der Waals surface area (Å²) in [5.41, 5.74) is 1.13. The van der Waals surface area contributed by atoms with E-state index in [-0.39, 0.29) is 12.4 Å². The van der Waals surface area contributed by atoms with Gasteiger partial charge in [-0.25, -0.2) is 0 Å². The number of ether oxygens (including phenoxy) is 2. The van der Waals surface area contributed by atoms with Crippen LogP contribution in [0.15, 0.2) is 12.1 Å². The van der Waals surface area contributed by atoms with Crippen molar-refractivity contribution in [2.75, 3.05) is 13.7 Å². The molecule has 0 atom stereocenters. The minimum absolute atomic E-state index is 0.0872. The number of carbonyl (C=O) groups excluding carboxylic acids is 1. The Balaban J connectivity index is 3.08. The Morgan fingerprint density at radius 2 is 2.24 bits per heavy atom. The summed E-state index contributed by atoms with van der Waals surface area (Å²) in [5, 5.41) is 9.06. The minimum atomic E-state index is -0.340. The van der Waals surface area contributed by atoms with Gasteiger partial charge in [0.2, 0.25) is 0 Å². The number of esters is 1. The molecule has 0 saturated carbocycles. The molecular formula is C12H12INO3. The van der Waals surface area contributed by atoms with Crippen LogP contribution in [0.1, 0.15) is 18.1 Å². The van der Waals surface area contributed by atoms with Crippen molar-refractivity contribution < 1.29 is 14.3 Å². The maximum absolute atomic E-state index is 11.4. The number of nitrogens with zero attached hydrogens (tertiary/aromatic N) is 1. The first-order chi connectivity index (χ1) is 8.12. The van der Waals surface area contributed by atoms with Gasteiger partial charge in [0, 0.05) is 3.57 Å². The van der Waals surface area contributed by atoms with E-state index >= 15 is 0 Å². The summed E-state index contributed by atoms with van der Waals surface area (Å²) in [6.07, 6.45) is 0.0872. The number of halogens is 1. The molecule has 1 aromatic rings. The van der Waals surface area contributed by atoms with Crippen molar-refractivity contribution >= 4 is 28.6 Å². The molecular weight excluding hydrogens is 333 g/mol. The van der Waals surface area contributed by atoms with Crippen LogP contribution in [-0.4, -0.2) is 19.7 Å². The number of nitriles is 1. The van der Waals surface area contributed by atoms with E-state index in [1.165, 1.54) is 0 Å². The fourth-order valence-corrected chi connectivity index (χ4v) is 2.16. The molecule has 0 unspecified atom stereocenters. The van der Waals surface area contributed by atoms with Gasteiger partial charge in [0.05, 0.1) is 25.7 Å². The molecule has 17 heavy (non-hydrogen) atoms. The van der Waals surface area contributed by atoms with Crippen molar-refractivity contribution in [3.05, 3.63) is 26.8 Å². The Labute approximate surface area is 114 Å². The first-order valence-corrected chi connectivity index (χ1v) is 6.12. The molecule has 1 aromatic carbocycles. The molecule has 0 aliphatic rings. The van der Waals surface area contributed by atoms with E-state index in [4.69, 9.17) is 14.7 Å². The van der Waals surface area contributed by atoms with Crippen LogP contribution in [0.5, 0.6) is 5.75 Å². The Morgan fingerprint density at radius 1 is 1.53 bits per heavy atom. The highest BCUT2D eigenvalue weighted by Gasteiger charge is 2.13. The maximum atomic E-state index is 11.4. The molecule has 5 heteroatoms. The average molecular weight is 345 g/mol. The number of hydrogen-bond acceptors (Lipinski definition) is 4. The Hall–Kier alpha value is -1.29. The maximum Gasteiger partial charge on any atom is 0.310 e. The van der Waals surface area contributed by atoms with Crippen LogP contribution < -0.4 is 4.74 Å². The molecule has 0 spiro atoms. The lowest BCUT2D eigenvalue weighted by Crippen LogP contribution is -2.09. The summed E-state index contributed by atoms with van der Waals surface area (Å²) in [7, 11) is 1.55. The summed E-state index contributed by atoms with van der Waals surface area (Å²) in [5.74, 6) is 0.292. The summed E-state index contributed by atoms with van der Waals surface area (Å²) < 4.78 is 10.7. The molecule has 0 bridgehead atoms. The van der Waals surface area contributed by atoms with Gasteiger partial charge < -0.3 is 9.47 Å². The molecule has 0 fully saturated rings.